The van der Waals surface area contributed by atoms with E-state index >= 15 is 0 Å². The lowest BCUT2D eigenvalue weighted by atomic mass is 10.2. The van der Waals surface area contributed by atoms with Crippen LogP contribution in [0.2, 0.25) is 0 Å². The maximum Gasteiger partial charge on any atom is 0.258 e. The third-order valence-electron chi connectivity index (χ3n) is 3.96. The minimum Gasteiger partial charge on any atom is -0.493 e. The fourth-order valence-electron chi connectivity index (χ4n) is 2.75. The summed E-state index contributed by atoms with van der Waals surface area (Å²) in [7, 11) is 1.60. The molecule has 0 radical (unpaired) electrons. The van der Waals surface area contributed by atoms with Crippen LogP contribution in [0.4, 0.5) is 5.95 Å². The highest BCUT2D eigenvalue weighted by Gasteiger charge is 2.19. The molecule has 0 saturated heterocycles. The highest BCUT2D eigenvalue weighted by Crippen LogP contribution is 2.32. The van der Waals surface area contributed by atoms with E-state index in [1.165, 1.54) is 12.8 Å². The molecule has 23 heavy (non-hydrogen) atoms. The van der Waals surface area contributed by atoms with Crippen LogP contribution in [-0.2, 0) is 0 Å². The van der Waals surface area contributed by atoms with Gasteiger partial charge in [-0.2, -0.15) is 0 Å². The molecule has 0 unspecified atom stereocenters. The van der Waals surface area contributed by atoms with Crippen LogP contribution in [0.15, 0.2) is 24.4 Å². The predicted molar refractivity (Wildman–Crippen MR) is 87.2 cm³/mol. The van der Waals surface area contributed by atoms with Crippen molar-refractivity contribution in [1.82, 2.24) is 9.97 Å². The Bertz CT molecular complexity index is 690. The molecule has 2 N–H and O–H groups in total. The van der Waals surface area contributed by atoms with E-state index in [-0.39, 0.29) is 12.0 Å². The third kappa shape index (κ3) is 3.64. The van der Waals surface area contributed by atoms with Crippen molar-refractivity contribution < 1.29 is 14.3 Å². The first-order valence-electron chi connectivity index (χ1n) is 7.83. The number of nitrogens with zero attached hydrogens (tertiary/aromatic N) is 1. The lowest BCUT2D eigenvalue weighted by Crippen LogP contribution is -2.15. The lowest BCUT2D eigenvalue weighted by molar-refractivity contribution is 0.102. The molecule has 1 amide bonds. The Morgan fingerprint density at radius 1 is 1.30 bits per heavy atom. The zero-order valence-corrected chi connectivity index (χ0v) is 13.4. The van der Waals surface area contributed by atoms with Crippen molar-refractivity contribution in [2.45, 2.75) is 38.7 Å². The number of methoxy groups -OCH3 is 1. The number of H-pyrrole nitrogens is 1. The molecule has 0 aliphatic heterocycles. The first kappa shape index (κ1) is 15.4. The second kappa shape index (κ2) is 6.73. The van der Waals surface area contributed by atoms with Crippen LogP contribution in [0.25, 0.3) is 0 Å². The van der Waals surface area contributed by atoms with Gasteiger partial charge in [-0.05, 0) is 50.8 Å². The van der Waals surface area contributed by atoms with Gasteiger partial charge in [0.15, 0.2) is 11.5 Å². The van der Waals surface area contributed by atoms with Gasteiger partial charge in [0.2, 0.25) is 5.95 Å². The molecular weight excluding hydrogens is 294 g/mol. The second-order valence-corrected chi connectivity index (χ2v) is 5.76. The average Bonchev–Trinajstić information content (AvgIpc) is 3.19. The monoisotopic (exact) mass is 315 g/mol. The number of imidazole rings is 1. The minimum absolute atomic E-state index is 0.204. The van der Waals surface area contributed by atoms with E-state index in [9.17, 15) is 4.79 Å². The number of ether oxygens (including phenoxy) is 2. The zero-order valence-electron chi connectivity index (χ0n) is 13.4. The highest BCUT2D eigenvalue weighted by atomic mass is 16.5. The average molecular weight is 315 g/mol. The first-order valence-corrected chi connectivity index (χ1v) is 7.83. The van der Waals surface area contributed by atoms with Gasteiger partial charge in [-0.15, -0.1) is 0 Å². The van der Waals surface area contributed by atoms with Gasteiger partial charge in [0.1, 0.15) is 0 Å². The topological polar surface area (TPSA) is 76.2 Å². The SMILES string of the molecule is COc1ccc(C(=O)Nc2ncc(C)[nH]2)cc1OC1CCCC1. The van der Waals surface area contributed by atoms with Crippen LogP contribution in [0, 0.1) is 6.92 Å². The van der Waals surface area contributed by atoms with Crippen LogP contribution in [-0.4, -0.2) is 29.1 Å². The molecular formula is C17H21N3O3. The summed E-state index contributed by atoms with van der Waals surface area (Å²) in [5.74, 6) is 1.45. The summed E-state index contributed by atoms with van der Waals surface area (Å²) < 4.78 is 11.4. The van der Waals surface area contributed by atoms with Crippen LogP contribution < -0.4 is 14.8 Å². The molecule has 1 fully saturated rings. The summed E-state index contributed by atoms with van der Waals surface area (Å²) in [6.45, 7) is 1.88. The van der Waals surface area contributed by atoms with Crippen molar-refractivity contribution in [2.24, 2.45) is 0 Å². The van der Waals surface area contributed by atoms with Crippen molar-refractivity contribution in [3.05, 3.63) is 35.7 Å². The van der Waals surface area contributed by atoms with Crippen molar-refractivity contribution in [3.8, 4) is 11.5 Å². The number of amides is 1. The van der Waals surface area contributed by atoms with Gasteiger partial charge in [-0.25, -0.2) is 4.98 Å². The van der Waals surface area contributed by atoms with Gasteiger partial charge in [0.25, 0.3) is 5.91 Å². The van der Waals surface area contributed by atoms with Gasteiger partial charge in [0, 0.05) is 17.5 Å². The molecule has 6 nitrogen and oxygen atoms in total. The summed E-state index contributed by atoms with van der Waals surface area (Å²) in [5.41, 5.74) is 1.40. The quantitative estimate of drug-likeness (QED) is 0.887. The van der Waals surface area contributed by atoms with E-state index < -0.39 is 0 Å². The second-order valence-electron chi connectivity index (χ2n) is 5.76. The summed E-state index contributed by atoms with van der Waals surface area (Å²) in [6, 6.07) is 5.19. The molecule has 122 valence electrons. The van der Waals surface area contributed by atoms with E-state index in [2.05, 4.69) is 15.3 Å². The van der Waals surface area contributed by atoms with Crippen LogP contribution in [0.5, 0.6) is 11.5 Å². The molecule has 2 aromatic rings. The number of aromatic nitrogens is 2. The van der Waals surface area contributed by atoms with E-state index in [1.807, 2.05) is 6.92 Å². The highest BCUT2D eigenvalue weighted by molar-refractivity contribution is 6.03. The maximum absolute atomic E-state index is 12.3. The number of benzene rings is 1. The summed E-state index contributed by atoms with van der Waals surface area (Å²) in [4.78, 5) is 19.4. The van der Waals surface area contributed by atoms with Crippen molar-refractivity contribution >= 4 is 11.9 Å². The molecule has 0 atom stereocenters. The number of rotatable bonds is 5. The number of carbonyl (C=O) groups excluding carboxylic acids is 1. The number of aromatic amines is 1. The summed E-state index contributed by atoms with van der Waals surface area (Å²) in [6.07, 6.45) is 6.33. The Morgan fingerprint density at radius 3 is 2.74 bits per heavy atom. The van der Waals surface area contributed by atoms with Gasteiger partial charge in [0.05, 0.1) is 13.2 Å². The van der Waals surface area contributed by atoms with Gasteiger partial charge in [-0.3, -0.25) is 10.1 Å². The van der Waals surface area contributed by atoms with E-state index in [0.29, 0.717) is 23.0 Å². The van der Waals surface area contributed by atoms with Crippen molar-refractivity contribution in [1.29, 1.82) is 0 Å². The number of nitrogens with one attached hydrogen (secondary N) is 2. The van der Waals surface area contributed by atoms with Crippen LogP contribution in [0.1, 0.15) is 41.7 Å². The smallest absolute Gasteiger partial charge is 0.258 e. The molecule has 6 heteroatoms. The summed E-state index contributed by atoms with van der Waals surface area (Å²) >= 11 is 0. The van der Waals surface area contributed by atoms with Gasteiger partial charge >= 0.3 is 0 Å². The Balaban J connectivity index is 1.77. The molecule has 1 aromatic carbocycles. The molecule has 0 bridgehead atoms. The van der Waals surface area contributed by atoms with E-state index in [4.69, 9.17) is 9.47 Å². The predicted octanol–water partition coefficient (Wildman–Crippen LogP) is 3.30. The first-order chi connectivity index (χ1) is 11.2. The molecule has 1 heterocycles. The Morgan fingerprint density at radius 2 is 2.09 bits per heavy atom. The van der Waals surface area contributed by atoms with E-state index in [0.717, 1.165) is 18.5 Å². The van der Waals surface area contributed by atoms with Crippen LogP contribution >= 0.6 is 0 Å². The minimum atomic E-state index is -0.238. The number of hydrogen-bond acceptors (Lipinski definition) is 4. The standard InChI is InChI=1S/C17H21N3O3/c1-11-10-18-17(19-11)20-16(21)12-7-8-14(22-2)15(9-12)23-13-5-3-4-6-13/h7-10,13H,3-6H2,1-2H3,(H2,18,19,20,21). The lowest BCUT2D eigenvalue weighted by Gasteiger charge is -2.16. The molecule has 1 saturated carbocycles. The Labute approximate surface area is 135 Å². The Hall–Kier alpha value is -2.50. The largest absolute Gasteiger partial charge is 0.493 e. The fraction of sp³-hybridized carbons (Fsp3) is 0.412. The number of hydrogen-bond donors (Lipinski definition) is 2. The van der Waals surface area contributed by atoms with Gasteiger partial charge < -0.3 is 14.5 Å². The molecule has 3 rings (SSSR count). The number of anilines is 1. The normalized spacial score (nSPS) is 14.7. The zero-order chi connectivity index (χ0) is 16.2. The molecule has 1 aliphatic rings. The third-order valence-corrected chi connectivity index (χ3v) is 3.96. The van der Waals surface area contributed by atoms with Crippen LogP contribution in [0.3, 0.4) is 0 Å². The number of aryl methyl sites for hydroxylation is 1. The maximum atomic E-state index is 12.3. The molecule has 1 aromatic heterocycles. The van der Waals surface area contributed by atoms with Crippen molar-refractivity contribution in [3.63, 3.8) is 0 Å². The molecule has 0 spiro atoms. The summed E-state index contributed by atoms with van der Waals surface area (Å²) in [5, 5.41) is 2.74. The Kier molecular flexibility index (Phi) is 4.50. The van der Waals surface area contributed by atoms with E-state index in [1.54, 1.807) is 31.5 Å². The molecule has 1 aliphatic carbocycles. The van der Waals surface area contributed by atoms with Crippen molar-refractivity contribution in [2.75, 3.05) is 12.4 Å². The van der Waals surface area contributed by atoms with Gasteiger partial charge in [-0.1, -0.05) is 0 Å². The number of carbonyl (C=O) groups is 1. The fourth-order valence-corrected chi connectivity index (χ4v) is 2.75.